The Bertz CT molecular complexity index is 627. The highest BCUT2D eigenvalue weighted by Crippen LogP contribution is 2.17. The van der Waals surface area contributed by atoms with Gasteiger partial charge in [-0.25, -0.2) is 0 Å². The van der Waals surface area contributed by atoms with Gasteiger partial charge in [0.25, 0.3) is 0 Å². The highest BCUT2D eigenvalue weighted by Gasteiger charge is 2.01. The lowest BCUT2D eigenvalue weighted by atomic mass is 10.0. The SMILES string of the molecule is CC(C)c1ccc(NC(=O)C=Cc2ccc(Cl)cc2)cc1. The van der Waals surface area contributed by atoms with Crippen molar-refractivity contribution >= 4 is 29.3 Å². The maximum atomic E-state index is 11.8. The van der Waals surface area contributed by atoms with Crippen molar-refractivity contribution in [2.45, 2.75) is 19.8 Å². The van der Waals surface area contributed by atoms with Crippen LogP contribution in [0.1, 0.15) is 30.9 Å². The molecule has 108 valence electrons. The smallest absolute Gasteiger partial charge is 0.248 e. The summed E-state index contributed by atoms with van der Waals surface area (Å²) in [6.07, 6.45) is 3.27. The summed E-state index contributed by atoms with van der Waals surface area (Å²) in [6.45, 7) is 4.28. The van der Waals surface area contributed by atoms with Gasteiger partial charge in [-0.05, 0) is 47.4 Å². The molecular formula is C18H18ClNO. The molecule has 1 N–H and O–H groups in total. The molecule has 0 bridgehead atoms. The molecule has 0 spiro atoms. The van der Waals surface area contributed by atoms with Crippen molar-refractivity contribution in [1.82, 2.24) is 0 Å². The standard InChI is InChI=1S/C18H18ClNO/c1-13(2)15-6-10-17(11-7-15)20-18(21)12-5-14-3-8-16(19)9-4-14/h3-13H,1-2H3,(H,20,21). The van der Waals surface area contributed by atoms with E-state index in [9.17, 15) is 4.79 Å². The number of hydrogen-bond acceptors (Lipinski definition) is 1. The molecule has 0 radical (unpaired) electrons. The molecular weight excluding hydrogens is 282 g/mol. The molecule has 0 aromatic heterocycles. The Kier molecular flexibility index (Phi) is 5.18. The Morgan fingerprint density at radius 3 is 2.24 bits per heavy atom. The average molecular weight is 300 g/mol. The molecule has 3 heteroatoms. The first kappa shape index (κ1) is 15.3. The lowest BCUT2D eigenvalue weighted by molar-refractivity contribution is -0.111. The molecule has 0 aliphatic rings. The summed E-state index contributed by atoms with van der Waals surface area (Å²) < 4.78 is 0. The third-order valence-electron chi connectivity index (χ3n) is 3.14. The monoisotopic (exact) mass is 299 g/mol. The predicted octanol–water partition coefficient (Wildman–Crippen LogP) is 5.12. The lowest BCUT2D eigenvalue weighted by Gasteiger charge is -2.07. The van der Waals surface area contributed by atoms with Gasteiger partial charge in [0.15, 0.2) is 0 Å². The molecule has 0 unspecified atom stereocenters. The summed E-state index contributed by atoms with van der Waals surface area (Å²) >= 11 is 5.81. The van der Waals surface area contributed by atoms with Crippen LogP contribution in [0.3, 0.4) is 0 Å². The van der Waals surface area contributed by atoms with Gasteiger partial charge in [0.1, 0.15) is 0 Å². The third-order valence-corrected chi connectivity index (χ3v) is 3.39. The first-order valence-corrected chi connectivity index (χ1v) is 7.27. The Hall–Kier alpha value is -2.06. The van der Waals surface area contributed by atoms with Gasteiger partial charge in [-0.3, -0.25) is 4.79 Å². The fourth-order valence-electron chi connectivity index (χ4n) is 1.88. The Morgan fingerprint density at radius 1 is 1.05 bits per heavy atom. The van der Waals surface area contributed by atoms with Crippen molar-refractivity contribution in [2.24, 2.45) is 0 Å². The number of benzene rings is 2. The van der Waals surface area contributed by atoms with Gasteiger partial charge in [0.2, 0.25) is 5.91 Å². The number of hydrogen-bond donors (Lipinski definition) is 1. The van der Waals surface area contributed by atoms with Gasteiger partial charge in [0, 0.05) is 16.8 Å². The number of rotatable bonds is 4. The van der Waals surface area contributed by atoms with E-state index in [0.717, 1.165) is 11.3 Å². The van der Waals surface area contributed by atoms with E-state index in [2.05, 4.69) is 19.2 Å². The summed E-state index contributed by atoms with van der Waals surface area (Å²) in [5.41, 5.74) is 2.99. The fraction of sp³-hybridized carbons (Fsp3) is 0.167. The van der Waals surface area contributed by atoms with Gasteiger partial charge in [-0.1, -0.05) is 49.7 Å². The minimum Gasteiger partial charge on any atom is -0.323 e. The Morgan fingerprint density at radius 2 is 1.67 bits per heavy atom. The minimum atomic E-state index is -0.151. The number of halogens is 1. The van der Waals surface area contributed by atoms with Gasteiger partial charge in [-0.2, -0.15) is 0 Å². The zero-order valence-electron chi connectivity index (χ0n) is 12.1. The minimum absolute atomic E-state index is 0.151. The van der Waals surface area contributed by atoms with E-state index in [4.69, 9.17) is 11.6 Å². The van der Waals surface area contributed by atoms with Crippen LogP contribution in [0.4, 0.5) is 5.69 Å². The van der Waals surface area contributed by atoms with Crippen LogP contribution >= 0.6 is 11.6 Å². The van der Waals surface area contributed by atoms with Crippen LogP contribution < -0.4 is 5.32 Å². The molecule has 0 aliphatic carbocycles. The maximum absolute atomic E-state index is 11.8. The van der Waals surface area contributed by atoms with Crippen LogP contribution in [0.25, 0.3) is 6.08 Å². The molecule has 0 saturated heterocycles. The Labute approximate surface area is 130 Å². The molecule has 2 nitrogen and oxygen atoms in total. The molecule has 21 heavy (non-hydrogen) atoms. The summed E-state index contributed by atoms with van der Waals surface area (Å²) in [5, 5.41) is 3.52. The number of carbonyl (C=O) groups is 1. The number of carbonyl (C=O) groups excluding carboxylic acids is 1. The van der Waals surface area contributed by atoms with Gasteiger partial charge < -0.3 is 5.32 Å². The maximum Gasteiger partial charge on any atom is 0.248 e. The van der Waals surface area contributed by atoms with E-state index in [1.165, 1.54) is 11.6 Å². The van der Waals surface area contributed by atoms with Crippen LogP contribution in [0.5, 0.6) is 0 Å². The highest BCUT2D eigenvalue weighted by molar-refractivity contribution is 6.30. The van der Waals surface area contributed by atoms with Crippen molar-refractivity contribution in [3.63, 3.8) is 0 Å². The van der Waals surface area contributed by atoms with Gasteiger partial charge in [-0.15, -0.1) is 0 Å². The summed E-state index contributed by atoms with van der Waals surface area (Å²) in [7, 11) is 0. The van der Waals surface area contributed by atoms with Gasteiger partial charge >= 0.3 is 0 Å². The summed E-state index contributed by atoms with van der Waals surface area (Å²) in [5.74, 6) is 0.335. The van der Waals surface area contributed by atoms with Crippen LogP contribution in [0.15, 0.2) is 54.6 Å². The quantitative estimate of drug-likeness (QED) is 0.780. The first-order chi connectivity index (χ1) is 10.0. The zero-order chi connectivity index (χ0) is 15.2. The predicted molar refractivity (Wildman–Crippen MR) is 89.6 cm³/mol. The van der Waals surface area contributed by atoms with E-state index in [1.54, 1.807) is 18.2 Å². The molecule has 0 saturated carbocycles. The van der Waals surface area contributed by atoms with Crippen LogP contribution in [0, 0.1) is 0 Å². The van der Waals surface area contributed by atoms with E-state index in [-0.39, 0.29) is 5.91 Å². The van der Waals surface area contributed by atoms with E-state index in [0.29, 0.717) is 10.9 Å². The Balaban J connectivity index is 1.96. The normalized spacial score (nSPS) is 11.0. The molecule has 0 fully saturated rings. The van der Waals surface area contributed by atoms with Crippen LogP contribution in [-0.4, -0.2) is 5.91 Å². The average Bonchev–Trinajstić information content (AvgIpc) is 2.47. The van der Waals surface area contributed by atoms with E-state index >= 15 is 0 Å². The first-order valence-electron chi connectivity index (χ1n) is 6.89. The van der Waals surface area contributed by atoms with Crippen molar-refractivity contribution in [2.75, 3.05) is 5.32 Å². The topological polar surface area (TPSA) is 29.1 Å². The van der Waals surface area contributed by atoms with E-state index in [1.807, 2.05) is 36.4 Å². The number of anilines is 1. The lowest BCUT2D eigenvalue weighted by Crippen LogP contribution is -2.07. The van der Waals surface area contributed by atoms with Crippen LogP contribution in [-0.2, 0) is 4.79 Å². The van der Waals surface area contributed by atoms with E-state index < -0.39 is 0 Å². The van der Waals surface area contributed by atoms with Crippen LogP contribution in [0.2, 0.25) is 5.02 Å². The summed E-state index contributed by atoms with van der Waals surface area (Å²) in [4.78, 5) is 11.8. The van der Waals surface area contributed by atoms with Crippen molar-refractivity contribution in [3.05, 3.63) is 70.8 Å². The van der Waals surface area contributed by atoms with Crippen molar-refractivity contribution < 1.29 is 4.79 Å². The second-order valence-corrected chi connectivity index (χ2v) is 5.59. The molecule has 2 aromatic rings. The fourth-order valence-corrected chi connectivity index (χ4v) is 2.01. The second-order valence-electron chi connectivity index (χ2n) is 5.15. The summed E-state index contributed by atoms with van der Waals surface area (Å²) in [6, 6.07) is 15.2. The number of amides is 1. The van der Waals surface area contributed by atoms with Crippen molar-refractivity contribution in [1.29, 1.82) is 0 Å². The molecule has 0 aliphatic heterocycles. The highest BCUT2D eigenvalue weighted by atomic mass is 35.5. The number of nitrogens with one attached hydrogen (secondary N) is 1. The largest absolute Gasteiger partial charge is 0.323 e. The molecule has 1 amide bonds. The molecule has 0 heterocycles. The third kappa shape index (κ3) is 4.76. The molecule has 2 rings (SSSR count). The zero-order valence-corrected chi connectivity index (χ0v) is 12.9. The van der Waals surface area contributed by atoms with Gasteiger partial charge in [0.05, 0.1) is 0 Å². The second kappa shape index (κ2) is 7.09. The molecule has 2 aromatic carbocycles. The van der Waals surface area contributed by atoms with Crippen molar-refractivity contribution in [3.8, 4) is 0 Å². The molecule has 0 atom stereocenters.